The maximum atomic E-state index is 12.5. The molecule has 1 aliphatic rings. The quantitative estimate of drug-likeness (QED) is 0.800. The summed E-state index contributed by atoms with van der Waals surface area (Å²) < 4.78 is 32.8. The lowest BCUT2D eigenvalue weighted by molar-refractivity contribution is -0.139. The van der Waals surface area contributed by atoms with Crippen molar-refractivity contribution >= 4 is 27.6 Å². The third-order valence-electron chi connectivity index (χ3n) is 3.92. The zero-order chi connectivity index (χ0) is 18.0. The molecule has 0 saturated carbocycles. The van der Waals surface area contributed by atoms with Gasteiger partial charge >= 0.3 is 5.97 Å². The number of ether oxygens (including phenoxy) is 1. The van der Waals surface area contributed by atoms with Gasteiger partial charge in [-0.05, 0) is 60.4 Å². The summed E-state index contributed by atoms with van der Waals surface area (Å²) >= 11 is 5.79. The Balaban J connectivity index is 1.69. The number of hydrogen-bond acceptors (Lipinski definition) is 4. The first-order chi connectivity index (χ1) is 11.8. The number of halogens is 1. The standard InChI is InChI=1S/C17H16ClNO5S/c18-13-2-5-16(6-3-13)25(22,23)19-14-7-11-1-4-15(9-12(11)8-14)24-10-17(20)21/h1-6,9,14,19H,7-8,10H2,(H,20,21). The lowest BCUT2D eigenvalue weighted by Gasteiger charge is -2.12. The summed E-state index contributed by atoms with van der Waals surface area (Å²) in [5.41, 5.74) is 1.97. The van der Waals surface area contributed by atoms with Crippen molar-refractivity contribution in [2.45, 2.75) is 23.8 Å². The number of carbonyl (C=O) groups is 1. The maximum absolute atomic E-state index is 12.5. The Bertz CT molecular complexity index is 896. The first-order valence-electron chi connectivity index (χ1n) is 7.58. The highest BCUT2D eigenvalue weighted by Crippen LogP contribution is 2.27. The van der Waals surface area contributed by atoms with Crippen molar-refractivity contribution < 1.29 is 23.1 Å². The van der Waals surface area contributed by atoms with Crippen molar-refractivity contribution in [3.05, 3.63) is 58.6 Å². The SMILES string of the molecule is O=C(O)COc1ccc2c(c1)CC(NS(=O)(=O)c1ccc(Cl)cc1)C2. The number of carboxylic acids is 1. The van der Waals surface area contributed by atoms with E-state index in [4.69, 9.17) is 21.4 Å². The monoisotopic (exact) mass is 381 g/mol. The van der Waals surface area contributed by atoms with Crippen LogP contribution in [0.2, 0.25) is 5.02 Å². The van der Waals surface area contributed by atoms with E-state index in [-0.39, 0.29) is 10.9 Å². The van der Waals surface area contributed by atoms with Gasteiger partial charge < -0.3 is 9.84 Å². The van der Waals surface area contributed by atoms with Crippen LogP contribution in [0.1, 0.15) is 11.1 Å². The molecule has 3 rings (SSSR count). The lowest BCUT2D eigenvalue weighted by atomic mass is 10.1. The Morgan fingerprint density at radius 3 is 2.52 bits per heavy atom. The molecule has 0 saturated heterocycles. The molecule has 2 N–H and O–H groups in total. The van der Waals surface area contributed by atoms with Crippen molar-refractivity contribution in [1.82, 2.24) is 4.72 Å². The van der Waals surface area contributed by atoms with Crippen LogP contribution in [0.3, 0.4) is 0 Å². The molecule has 1 aliphatic carbocycles. The smallest absolute Gasteiger partial charge is 0.341 e. The summed E-state index contributed by atoms with van der Waals surface area (Å²) in [5.74, 6) is -0.587. The van der Waals surface area contributed by atoms with Crippen LogP contribution < -0.4 is 9.46 Å². The predicted octanol–water partition coefficient (Wildman–Crippen LogP) is 2.25. The number of benzene rings is 2. The first kappa shape index (κ1) is 17.7. The topological polar surface area (TPSA) is 92.7 Å². The molecule has 132 valence electrons. The minimum atomic E-state index is -3.63. The largest absolute Gasteiger partial charge is 0.482 e. The van der Waals surface area contributed by atoms with Crippen molar-refractivity contribution in [2.24, 2.45) is 0 Å². The molecule has 1 unspecified atom stereocenters. The summed E-state index contributed by atoms with van der Waals surface area (Å²) in [4.78, 5) is 10.7. The molecule has 2 aromatic carbocycles. The molecule has 0 fully saturated rings. The molecular weight excluding hydrogens is 366 g/mol. The van der Waals surface area contributed by atoms with Crippen LogP contribution in [-0.4, -0.2) is 32.1 Å². The molecule has 1 atom stereocenters. The van der Waals surface area contributed by atoms with Gasteiger partial charge in [0.2, 0.25) is 10.0 Å². The van der Waals surface area contributed by atoms with Crippen LogP contribution in [0.15, 0.2) is 47.4 Å². The molecule has 0 aliphatic heterocycles. The van der Waals surface area contributed by atoms with Gasteiger partial charge in [-0.2, -0.15) is 0 Å². The molecule has 25 heavy (non-hydrogen) atoms. The van der Waals surface area contributed by atoms with Crippen molar-refractivity contribution in [2.75, 3.05) is 6.61 Å². The second-order valence-electron chi connectivity index (χ2n) is 5.79. The van der Waals surface area contributed by atoms with E-state index < -0.39 is 22.6 Å². The van der Waals surface area contributed by atoms with E-state index in [1.54, 1.807) is 12.1 Å². The number of carboxylic acid groups (broad SMARTS) is 1. The number of fused-ring (bicyclic) bond motifs is 1. The van der Waals surface area contributed by atoms with Gasteiger partial charge in [0.05, 0.1) is 4.90 Å². The average molecular weight is 382 g/mol. The van der Waals surface area contributed by atoms with Crippen LogP contribution >= 0.6 is 11.6 Å². The van der Waals surface area contributed by atoms with Gasteiger partial charge in [0.15, 0.2) is 6.61 Å². The molecule has 0 aromatic heterocycles. The highest BCUT2D eigenvalue weighted by atomic mass is 35.5. The summed E-state index contributed by atoms with van der Waals surface area (Å²) in [6.45, 7) is -0.411. The average Bonchev–Trinajstić information content (AvgIpc) is 2.93. The van der Waals surface area contributed by atoms with Gasteiger partial charge in [0.25, 0.3) is 0 Å². The highest BCUT2D eigenvalue weighted by Gasteiger charge is 2.27. The van der Waals surface area contributed by atoms with Crippen molar-refractivity contribution in [1.29, 1.82) is 0 Å². The summed E-state index contributed by atoms with van der Waals surface area (Å²) in [7, 11) is -3.63. The van der Waals surface area contributed by atoms with Crippen LogP contribution in [0.4, 0.5) is 0 Å². The van der Waals surface area contributed by atoms with E-state index in [1.807, 2.05) is 6.07 Å². The number of hydrogen-bond donors (Lipinski definition) is 2. The lowest BCUT2D eigenvalue weighted by Crippen LogP contribution is -2.35. The minimum absolute atomic E-state index is 0.165. The Labute approximate surface area is 150 Å². The highest BCUT2D eigenvalue weighted by molar-refractivity contribution is 7.89. The van der Waals surface area contributed by atoms with Crippen LogP contribution in [0.5, 0.6) is 5.75 Å². The zero-order valence-corrected chi connectivity index (χ0v) is 14.7. The van der Waals surface area contributed by atoms with Crippen LogP contribution in [0.25, 0.3) is 0 Å². The molecule has 0 amide bonds. The second-order valence-corrected chi connectivity index (χ2v) is 7.94. The summed E-state index contributed by atoms with van der Waals surface area (Å²) in [6, 6.07) is 11.0. The minimum Gasteiger partial charge on any atom is -0.482 e. The molecule has 0 bridgehead atoms. The molecule has 0 spiro atoms. The Morgan fingerprint density at radius 1 is 1.16 bits per heavy atom. The fourth-order valence-electron chi connectivity index (χ4n) is 2.81. The molecular formula is C17H16ClNO5S. The van der Waals surface area contributed by atoms with E-state index >= 15 is 0 Å². The van der Waals surface area contributed by atoms with E-state index in [0.717, 1.165) is 11.1 Å². The van der Waals surface area contributed by atoms with Gasteiger partial charge in [-0.15, -0.1) is 0 Å². The number of nitrogens with one attached hydrogen (secondary N) is 1. The zero-order valence-electron chi connectivity index (χ0n) is 13.1. The molecule has 0 radical (unpaired) electrons. The third kappa shape index (κ3) is 4.31. The van der Waals surface area contributed by atoms with Gasteiger partial charge in [0.1, 0.15) is 5.75 Å². The van der Waals surface area contributed by atoms with Gasteiger partial charge in [-0.3, -0.25) is 0 Å². The van der Waals surface area contributed by atoms with Gasteiger partial charge in [-0.25, -0.2) is 17.9 Å². The van der Waals surface area contributed by atoms with E-state index in [9.17, 15) is 13.2 Å². The Morgan fingerprint density at radius 2 is 1.84 bits per heavy atom. The maximum Gasteiger partial charge on any atom is 0.341 e. The van der Waals surface area contributed by atoms with Crippen molar-refractivity contribution in [3.8, 4) is 5.75 Å². The van der Waals surface area contributed by atoms with Crippen LogP contribution in [0, 0.1) is 0 Å². The van der Waals surface area contributed by atoms with E-state index in [0.29, 0.717) is 23.6 Å². The summed E-state index contributed by atoms with van der Waals surface area (Å²) in [6.07, 6.45) is 1.09. The summed E-state index contributed by atoms with van der Waals surface area (Å²) in [5, 5.41) is 9.13. The fraction of sp³-hybridized carbons (Fsp3) is 0.235. The Kier molecular flexibility index (Phi) is 4.99. The van der Waals surface area contributed by atoms with Gasteiger partial charge in [-0.1, -0.05) is 17.7 Å². The third-order valence-corrected chi connectivity index (χ3v) is 5.71. The molecule has 8 heteroatoms. The first-order valence-corrected chi connectivity index (χ1v) is 9.44. The normalized spacial score (nSPS) is 16.4. The number of rotatable bonds is 6. The van der Waals surface area contributed by atoms with Crippen molar-refractivity contribution in [3.63, 3.8) is 0 Å². The van der Waals surface area contributed by atoms with E-state index in [2.05, 4.69) is 4.72 Å². The predicted molar refractivity (Wildman–Crippen MR) is 92.5 cm³/mol. The molecule has 6 nitrogen and oxygen atoms in total. The van der Waals surface area contributed by atoms with E-state index in [1.165, 1.54) is 24.3 Å². The molecule has 2 aromatic rings. The second kappa shape index (κ2) is 7.03. The Hall–Kier alpha value is -2.09. The fourth-order valence-corrected chi connectivity index (χ4v) is 4.18. The number of sulfonamides is 1. The number of aliphatic carboxylic acids is 1. The van der Waals surface area contributed by atoms with Crippen LogP contribution in [-0.2, 0) is 27.7 Å². The van der Waals surface area contributed by atoms with Gasteiger partial charge in [0, 0.05) is 11.1 Å². The molecule has 0 heterocycles.